The summed E-state index contributed by atoms with van der Waals surface area (Å²) in [4.78, 5) is 4.53. The third kappa shape index (κ3) is 3.58. The van der Waals surface area contributed by atoms with Gasteiger partial charge < -0.3 is 14.8 Å². The van der Waals surface area contributed by atoms with E-state index in [0.717, 1.165) is 17.5 Å². The van der Waals surface area contributed by atoms with Crippen LogP contribution in [-0.4, -0.2) is 22.7 Å². The van der Waals surface area contributed by atoms with Crippen molar-refractivity contribution < 1.29 is 9.52 Å². The van der Waals surface area contributed by atoms with Crippen LogP contribution in [-0.2, 0) is 12.0 Å². The van der Waals surface area contributed by atoms with Crippen LogP contribution in [0.25, 0.3) is 11.1 Å². The lowest BCUT2D eigenvalue weighted by molar-refractivity contribution is 0.267. The molecule has 0 amide bonds. The monoisotopic (exact) mass is 276 g/mol. The summed E-state index contributed by atoms with van der Waals surface area (Å²) >= 11 is 0. The fraction of sp³-hybridized carbons (Fsp3) is 0.562. The molecule has 0 radical (unpaired) electrons. The quantitative estimate of drug-likeness (QED) is 0.881. The maximum Gasteiger partial charge on any atom is 0.209 e. The van der Waals surface area contributed by atoms with Crippen LogP contribution < -0.4 is 5.32 Å². The van der Waals surface area contributed by atoms with Gasteiger partial charge in [-0.15, -0.1) is 0 Å². The molecule has 0 fully saturated rings. The van der Waals surface area contributed by atoms with Gasteiger partial charge in [-0.2, -0.15) is 0 Å². The van der Waals surface area contributed by atoms with E-state index in [2.05, 4.69) is 43.2 Å². The van der Waals surface area contributed by atoms with E-state index in [9.17, 15) is 0 Å². The number of benzene rings is 1. The molecule has 1 aromatic heterocycles. The molecule has 1 heterocycles. The SMILES string of the molecule is CC(CCO)NCc1nc2cc(C(C)(C)C)ccc2o1. The van der Waals surface area contributed by atoms with Gasteiger partial charge in [0.2, 0.25) is 5.89 Å². The Kier molecular flexibility index (Phi) is 4.45. The number of rotatable bonds is 5. The van der Waals surface area contributed by atoms with E-state index < -0.39 is 0 Å². The summed E-state index contributed by atoms with van der Waals surface area (Å²) in [5, 5.41) is 12.2. The highest BCUT2D eigenvalue weighted by atomic mass is 16.3. The molecule has 2 aromatic rings. The Labute approximate surface area is 120 Å². The normalized spacial score (nSPS) is 13.8. The Bertz CT molecular complexity index is 569. The van der Waals surface area contributed by atoms with Gasteiger partial charge in [0.05, 0.1) is 6.54 Å². The van der Waals surface area contributed by atoms with Crippen LogP contribution in [0.4, 0.5) is 0 Å². The number of nitrogens with one attached hydrogen (secondary N) is 1. The molecule has 4 nitrogen and oxygen atoms in total. The van der Waals surface area contributed by atoms with Crippen molar-refractivity contribution >= 4 is 11.1 Å². The van der Waals surface area contributed by atoms with E-state index >= 15 is 0 Å². The summed E-state index contributed by atoms with van der Waals surface area (Å²) in [6.45, 7) is 9.38. The van der Waals surface area contributed by atoms with Gasteiger partial charge in [0.15, 0.2) is 5.58 Å². The predicted molar refractivity (Wildman–Crippen MR) is 80.7 cm³/mol. The molecule has 0 aliphatic carbocycles. The van der Waals surface area contributed by atoms with Crippen molar-refractivity contribution in [3.8, 4) is 0 Å². The summed E-state index contributed by atoms with van der Waals surface area (Å²) in [5.41, 5.74) is 3.10. The third-order valence-electron chi connectivity index (χ3n) is 3.46. The Morgan fingerprint density at radius 1 is 1.35 bits per heavy atom. The van der Waals surface area contributed by atoms with Crippen molar-refractivity contribution in [2.45, 2.75) is 52.1 Å². The van der Waals surface area contributed by atoms with Crippen molar-refractivity contribution in [1.29, 1.82) is 0 Å². The molecule has 4 heteroatoms. The summed E-state index contributed by atoms with van der Waals surface area (Å²) in [7, 11) is 0. The number of hydrogen-bond acceptors (Lipinski definition) is 4. The van der Waals surface area contributed by atoms with Crippen LogP contribution >= 0.6 is 0 Å². The summed E-state index contributed by atoms with van der Waals surface area (Å²) in [6.07, 6.45) is 0.731. The largest absolute Gasteiger partial charge is 0.439 e. The van der Waals surface area contributed by atoms with E-state index in [4.69, 9.17) is 9.52 Å². The molecule has 0 saturated carbocycles. The van der Waals surface area contributed by atoms with Crippen molar-refractivity contribution in [2.75, 3.05) is 6.61 Å². The van der Waals surface area contributed by atoms with Crippen LogP contribution in [0, 0.1) is 0 Å². The molecule has 2 rings (SSSR count). The Morgan fingerprint density at radius 2 is 2.10 bits per heavy atom. The van der Waals surface area contributed by atoms with Crippen LogP contribution in [0.5, 0.6) is 0 Å². The van der Waals surface area contributed by atoms with Crippen molar-refractivity contribution in [3.05, 3.63) is 29.7 Å². The molecule has 2 N–H and O–H groups in total. The number of hydrogen-bond donors (Lipinski definition) is 2. The molecule has 1 aromatic carbocycles. The average molecular weight is 276 g/mol. The number of fused-ring (bicyclic) bond motifs is 1. The fourth-order valence-electron chi connectivity index (χ4n) is 2.07. The number of aliphatic hydroxyl groups is 1. The second kappa shape index (κ2) is 5.94. The van der Waals surface area contributed by atoms with E-state index in [-0.39, 0.29) is 18.1 Å². The van der Waals surface area contributed by atoms with E-state index in [1.54, 1.807) is 0 Å². The van der Waals surface area contributed by atoms with Crippen LogP contribution in [0.1, 0.15) is 45.6 Å². The van der Waals surface area contributed by atoms with Gasteiger partial charge in [0, 0.05) is 12.6 Å². The summed E-state index contributed by atoms with van der Waals surface area (Å²) in [6, 6.07) is 6.43. The minimum atomic E-state index is 0.112. The van der Waals surface area contributed by atoms with Gasteiger partial charge in [0.1, 0.15) is 5.52 Å². The summed E-state index contributed by atoms with van der Waals surface area (Å²) < 4.78 is 5.73. The van der Waals surface area contributed by atoms with Gasteiger partial charge in [-0.3, -0.25) is 0 Å². The van der Waals surface area contributed by atoms with Gasteiger partial charge in [-0.25, -0.2) is 4.98 Å². The average Bonchev–Trinajstić information content (AvgIpc) is 2.77. The van der Waals surface area contributed by atoms with Crippen LogP contribution in [0.2, 0.25) is 0 Å². The number of oxazole rings is 1. The smallest absolute Gasteiger partial charge is 0.209 e. The molecule has 1 atom stereocenters. The molecule has 20 heavy (non-hydrogen) atoms. The molecule has 0 aliphatic heterocycles. The van der Waals surface area contributed by atoms with E-state index in [1.165, 1.54) is 5.56 Å². The second-order valence-corrected chi connectivity index (χ2v) is 6.33. The number of nitrogens with zero attached hydrogens (tertiary/aromatic N) is 1. The highest BCUT2D eigenvalue weighted by Gasteiger charge is 2.15. The zero-order valence-corrected chi connectivity index (χ0v) is 12.7. The van der Waals surface area contributed by atoms with E-state index in [1.807, 2.05) is 13.0 Å². The molecule has 1 unspecified atom stereocenters. The standard InChI is InChI=1S/C16H24N2O2/c1-11(7-8-19)17-10-15-18-13-9-12(16(2,3)4)5-6-14(13)20-15/h5-6,9,11,17,19H,7-8,10H2,1-4H3. The molecule has 0 bridgehead atoms. The van der Waals surface area contributed by atoms with Crippen molar-refractivity contribution in [2.24, 2.45) is 0 Å². The summed E-state index contributed by atoms with van der Waals surface area (Å²) in [5.74, 6) is 0.691. The predicted octanol–water partition coefficient (Wildman–Crippen LogP) is 2.99. The topological polar surface area (TPSA) is 58.3 Å². The molecular weight excluding hydrogens is 252 g/mol. The van der Waals surface area contributed by atoms with Crippen molar-refractivity contribution in [1.82, 2.24) is 10.3 Å². The Balaban J connectivity index is 2.13. The zero-order chi connectivity index (χ0) is 14.8. The van der Waals surface area contributed by atoms with Crippen molar-refractivity contribution in [3.63, 3.8) is 0 Å². The van der Waals surface area contributed by atoms with Crippen LogP contribution in [0.3, 0.4) is 0 Å². The first-order valence-corrected chi connectivity index (χ1v) is 7.14. The maximum absolute atomic E-state index is 8.88. The molecule has 0 saturated heterocycles. The lowest BCUT2D eigenvalue weighted by atomic mass is 9.87. The van der Waals surface area contributed by atoms with E-state index in [0.29, 0.717) is 12.4 Å². The first-order chi connectivity index (χ1) is 9.40. The maximum atomic E-state index is 8.88. The molecule has 0 aliphatic rings. The first kappa shape index (κ1) is 15.0. The minimum absolute atomic E-state index is 0.112. The minimum Gasteiger partial charge on any atom is -0.439 e. The molecule has 0 spiro atoms. The fourth-order valence-corrected chi connectivity index (χ4v) is 2.07. The molecule has 110 valence electrons. The Hall–Kier alpha value is -1.39. The molecular formula is C16H24N2O2. The second-order valence-electron chi connectivity index (χ2n) is 6.33. The highest BCUT2D eigenvalue weighted by molar-refractivity contribution is 5.73. The van der Waals surface area contributed by atoms with Gasteiger partial charge in [-0.05, 0) is 36.5 Å². The van der Waals surface area contributed by atoms with Gasteiger partial charge >= 0.3 is 0 Å². The first-order valence-electron chi connectivity index (χ1n) is 7.14. The number of aromatic nitrogens is 1. The lowest BCUT2D eigenvalue weighted by Crippen LogP contribution is -2.26. The third-order valence-corrected chi connectivity index (χ3v) is 3.46. The van der Waals surface area contributed by atoms with Gasteiger partial charge in [-0.1, -0.05) is 26.8 Å². The highest BCUT2D eigenvalue weighted by Crippen LogP contribution is 2.26. The van der Waals surface area contributed by atoms with Gasteiger partial charge in [0.25, 0.3) is 0 Å². The Morgan fingerprint density at radius 3 is 2.75 bits per heavy atom. The van der Waals surface area contributed by atoms with Crippen LogP contribution in [0.15, 0.2) is 22.6 Å². The zero-order valence-electron chi connectivity index (χ0n) is 12.7. The number of aliphatic hydroxyl groups excluding tert-OH is 1. The lowest BCUT2D eigenvalue weighted by Gasteiger charge is -2.18.